The number of nitrogens with zero attached hydrogens (tertiary/aromatic N) is 1. The van der Waals surface area contributed by atoms with Crippen molar-refractivity contribution in [2.24, 2.45) is 0 Å². The van der Waals surface area contributed by atoms with Crippen LogP contribution in [0.15, 0.2) is 18.2 Å². The van der Waals surface area contributed by atoms with Crippen LogP contribution in [-0.4, -0.2) is 37.7 Å². The van der Waals surface area contributed by atoms with E-state index in [0.29, 0.717) is 30.6 Å². The lowest BCUT2D eigenvalue weighted by Crippen LogP contribution is -2.49. The van der Waals surface area contributed by atoms with Gasteiger partial charge in [-0.2, -0.15) is 0 Å². The van der Waals surface area contributed by atoms with Crippen molar-refractivity contribution in [1.29, 1.82) is 0 Å². The minimum atomic E-state index is -1.24. The van der Waals surface area contributed by atoms with Gasteiger partial charge < -0.3 is 14.4 Å². The fourth-order valence-electron chi connectivity index (χ4n) is 2.53. The Morgan fingerprint density at radius 2 is 1.58 bits per heavy atom. The third kappa shape index (κ3) is 6.65. The predicted octanol–water partition coefficient (Wildman–Crippen LogP) is 4.02. The number of halogens is 1. The van der Waals surface area contributed by atoms with Crippen molar-refractivity contribution in [3.63, 3.8) is 0 Å². The number of rotatable bonds is 11. The molecule has 0 atom stereocenters. The summed E-state index contributed by atoms with van der Waals surface area (Å²) in [6.45, 7) is 8.40. The molecule has 0 saturated carbocycles. The molecule has 0 unspecified atom stereocenters. The van der Waals surface area contributed by atoms with Crippen LogP contribution in [-0.2, 0) is 19.1 Å². The molecular formula is C20H30FNO4. The smallest absolute Gasteiger partial charge is 0.340 e. The fraction of sp³-hybridized carbons (Fsp3) is 0.600. The van der Waals surface area contributed by atoms with E-state index >= 15 is 0 Å². The predicted molar refractivity (Wildman–Crippen MR) is 99.7 cm³/mol. The van der Waals surface area contributed by atoms with Crippen molar-refractivity contribution in [2.75, 3.05) is 24.7 Å². The highest BCUT2D eigenvalue weighted by molar-refractivity contribution is 6.02. The van der Waals surface area contributed by atoms with Gasteiger partial charge in [-0.25, -0.2) is 14.0 Å². The zero-order valence-corrected chi connectivity index (χ0v) is 16.2. The Morgan fingerprint density at radius 3 is 2.04 bits per heavy atom. The molecule has 0 aromatic heterocycles. The maximum atomic E-state index is 13.9. The van der Waals surface area contributed by atoms with Gasteiger partial charge in [-0.1, -0.05) is 27.2 Å². The number of aryl methyl sites for hydroxylation is 1. The maximum absolute atomic E-state index is 13.9. The van der Waals surface area contributed by atoms with Gasteiger partial charge in [0, 0.05) is 12.2 Å². The number of anilines is 1. The zero-order valence-electron chi connectivity index (χ0n) is 16.2. The summed E-state index contributed by atoms with van der Waals surface area (Å²) in [7, 11) is 0. The monoisotopic (exact) mass is 367 g/mol. The molecule has 0 N–H and O–H groups in total. The van der Waals surface area contributed by atoms with E-state index in [1.165, 1.54) is 12.1 Å². The van der Waals surface area contributed by atoms with Gasteiger partial charge in [-0.3, -0.25) is 0 Å². The van der Waals surface area contributed by atoms with E-state index < -0.39 is 23.8 Å². The van der Waals surface area contributed by atoms with Gasteiger partial charge >= 0.3 is 11.9 Å². The van der Waals surface area contributed by atoms with Crippen LogP contribution in [0.1, 0.15) is 52.0 Å². The van der Waals surface area contributed by atoms with Gasteiger partial charge in [0.2, 0.25) is 6.04 Å². The van der Waals surface area contributed by atoms with Crippen LogP contribution < -0.4 is 4.90 Å². The largest absolute Gasteiger partial charge is 0.464 e. The molecule has 0 aliphatic carbocycles. The molecule has 5 nitrogen and oxygen atoms in total. The van der Waals surface area contributed by atoms with Crippen molar-refractivity contribution < 1.29 is 23.5 Å². The summed E-state index contributed by atoms with van der Waals surface area (Å²) in [5.41, 5.74) is 1.19. The second kappa shape index (κ2) is 11.5. The molecular weight excluding hydrogens is 337 g/mol. The minimum absolute atomic E-state index is 0.222. The number of benzene rings is 1. The van der Waals surface area contributed by atoms with Crippen molar-refractivity contribution in [2.45, 2.75) is 59.4 Å². The Morgan fingerprint density at radius 1 is 1.00 bits per heavy atom. The highest BCUT2D eigenvalue weighted by Gasteiger charge is 2.36. The third-order valence-electron chi connectivity index (χ3n) is 3.77. The molecule has 0 aliphatic rings. The number of carbonyl (C=O) groups is 2. The third-order valence-corrected chi connectivity index (χ3v) is 3.77. The summed E-state index contributed by atoms with van der Waals surface area (Å²) in [5, 5.41) is 0. The van der Waals surface area contributed by atoms with Crippen LogP contribution in [0.5, 0.6) is 0 Å². The van der Waals surface area contributed by atoms with Crippen molar-refractivity contribution in [3.8, 4) is 0 Å². The number of ether oxygens (including phenoxy) is 2. The first-order valence-corrected chi connectivity index (χ1v) is 9.31. The lowest BCUT2D eigenvalue weighted by molar-refractivity contribution is -0.157. The Bertz CT molecular complexity index is 551. The lowest BCUT2D eigenvalue weighted by atomic mass is 10.1. The Labute approximate surface area is 155 Å². The molecule has 6 heteroatoms. The molecule has 26 heavy (non-hydrogen) atoms. The van der Waals surface area contributed by atoms with Gasteiger partial charge in [0.05, 0.1) is 13.2 Å². The maximum Gasteiger partial charge on any atom is 0.340 e. The molecule has 0 amide bonds. The van der Waals surface area contributed by atoms with Crippen LogP contribution in [0.25, 0.3) is 0 Å². The first kappa shape index (κ1) is 21.9. The fourth-order valence-corrected chi connectivity index (χ4v) is 2.53. The molecule has 1 aromatic rings. The van der Waals surface area contributed by atoms with Crippen LogP contribution in [0.4, 0.5) is 10.1 Å². The number of carbonyl (C=O) groups excluding carboxylic acids is 2. The van der Waals surface area contributed by atoms with E-state index in [9.17, 15) is 14.0 Å². The quantitative estimate of drug-likeness (QED) is 0.437. The minimum Gasteiger partial charge on any atom is -0.464 e. The highest BCUT2D eigenvalue weighted by atomic mass is 19.1. The van der Waals surface area contributed by atoms with Gasteiger partial charge in [0.15, 0.2) is 0 Å². The molecule has 0 saturated heterocycles. The van der Waals surface area contributed by atoms with Crippen molar-refractivity contribution in [3.05, 3.63) is 29.6 Å². The van der Waals surface area contributed by atoms with E-state index in [-0.39, 0.29) is 13.2 Å². The van der Waals surface area contributed by atoms with Gasteiger partial charge in [0.1, 0.15) is 5.82 Å². The molecule has 1 rings (SSSR count). The molecule has 0 heterocycles. The first-order chi connectivity index (χ1) is 12.4. The summed E-state index contributed by atoms with van der Waals surface area (Å²) in [4.78, 5) is 26.8. The molecule has 0 aliphatic heterocycles. The second-order valence-corrected chi connectivity index (χ2v) is 6.27. The van der Waals surface area contributed by atoms with E-state index in [0.717, 1.165) is 12.8 Å². The normalized spacial score (nSPS) is 10.7. The van der Waals surface area contributed by atoms with Crippen LogP contribution >= 0.6 is 0 Å². The van der Waals surface area contributed by atoms with E-state index in [1.807, 2.05) is 20.8 Å². The lowest BCUT2D eigenvalue weighted by Gasteiger charge is -2.31. The Kier molecular flexibility index (Phi) is 9.70. The molecule has 146 valence electrons. The second-order valence-electron chi connectivity index (χ2n) is 6.27. The Hall–Kier alpha value is -2.11. The average molecular weight is 367 g/mol. The SMILES string of the molecule is CCCCN(c1cc(C)cc(F)c1)C(C(=O)OCCC)C(=O)OCCC. The van der Waals surface area contributed by atoms with E-state index in [1.54, 1.807) is 17.9 Å². The van der Waals surface area contributed by atoms with Crippen LogP contribution in [0, 0.1) is 12.7 Å². The van der Waals surface area contributed by atoms with Crippen LogP contribution in [0.3, 0.4) is 0 Å². The number of hydrogen-bond acceptors (Lipinski definition) is 5. The zero-order chi connectivity index (χ0) is 19.5. The van der Waals surface area contributed by atoms with E-state index in [4.69, 9.17) is 9.47 Å². The van der Waals surface area contributed by atoms with Gasteiger partial charge in [0.25, 0.3) is 0 Å². The number of hydrogen-bond donors (Lipinski definition) is 0. The Balaban J connectivity index is 3.24. The van der Waals surface area contributed by atoms with Gasteiger partial charge in [-0.05, 0) is 49.9 Å². The first-order valence-electron chi connectivity index (χ1n) is 9.31. The molecule has 1 aromatic carbocycles. The summed E-state index contributed by atoms with van der Waals surface area (Å²) in [6.07, 6.45) is 2.91. The average Bonchev–Trinajstić information content (AvgIpc) is 2.60. The molecule has 0 spiro atoms. The summed E-state index contributed by atoms with van der Waals surface area (Å²) in [6, 6.07) is 3.25. The number of esters is 2. The van der Waals surface area contributed by atoms with Crippen LogP contribution in [0.2, 0.25) is 0 Å². The molecule has 0 fully saturated rings. The topological polar surface area (TPSA) is 55.8 Å². The summed E-state index contributed by atoms with van der Waals surface area (Å²) >= 11 is 0. The van der Waals surface area contributed by atoms with E-state index in [2.05, 4.69) is 0 Å². The standard InChI is InChI=1S/C20H30FNO4/c1-5-8-9-22(17-13-15(4)12-16(21)14-17)18(19(23)25-10-6-2)20(24)26-11-7-3/h12-14,18H,5-11H2,1-4H3. The van der Waals surface area contributed by atoms with Crippen molar-refractivity contribution >= 4 is 17.6 Å². The summed E-state index contributed by atoms with van der Waals surface area (Å²) < 4.78 is 24.4. The van der Waals surface area contributed by atoms with Gasteiger partial charge in [-0.15, -0.1) is 0 Å². The molecule has 0 bridgehead atoms. The number of unbranched alkanes of at least 4 members (excludes halogenated alkanes) is 1. The van der Waals surface area contributed by atoms with Crippen molar-refractivity contribution in [1.82, 2.24) is 0 Å². The summed E-state index contributed by atoms with van der Waals surface area (Å²) in [5.74, 6) is -1.74. The molecule has 0 radical (unpaired) electrons. The highest BCUT2D eigenvalue weighted by Crippen LogP contribution is 2.23.